The van der Waals surface area contributed by atoms with Crippen LogP contribution in [0, 0.1) is 11.6 Å². The van der Waals surface area contributed by atoms with E-state index < -0.39 is 30.3 Å². The third kappa shape index (κ3) is 6.89. The van der Waals surface area contributed by atoms with Crippen molar-refractivity contribution >= 4 is 17.5 Å². The van der Waals surface area contributed by atoms with Crippen LogP contribution in [0.15, 0.2) is 42.6 Å². The summed E-state index contributed by atoms with van der Waals surface area (Å²) >= 11 is 0. The zero-order chi connectivity index (χ0) is 26.2. The van der Waals surface area contributed by atoms with Gasteiger partial charge in [0.2, 0.25) is 5.95 Å². The van der Waals surface area contributed by atoms with Crippen LogP contribution in [0.3, 0.4) is 0 Å². The number of benzene rings is 2. The smallest absolute Gasteiger partial charge is 0.255 e. The molecule has 1 aliphatic rings. The van der Waals surface area contributed by atoms with Crippen LogP contribution in [0.4, 0.5) is 20.4 Å². The number of aliphatic hydroxyl groups is 2. The van der Waals surface area contributed by atoms with Crippen molar-refractivity contribution in [3.05, 3.63) is 59.8 Å². The average molecular weight is 515 g/mol. The molecule has 37 heavy (non-hydrogen) atoms. The molecule has 2 aromatic carbocycles. The molecule has 4 rings (SSSR count). The maximum absolute atomic E-state index is 14.6. The first-order chi connectivity index (χ1) is 17.9. The van der Waals surface area contributed by atoms with Crippen LogP contribution in [0.25, 0.3) is 11.3 Å². The molecule has 0 spiro atoms. The van der Waals surface area contributed by atoms with E-state index in [1.54, 1.807) is 18.2 Å². The summed E-state index contributed by atoms with van der Waals surface area (Å²) < 4.78 is 40.4. The highest BCUT2D eigenvalue weighted by atomic mass is 19.1. The fourth-order valence-electron chi connectivity index (χ4n) is 3.72. The van der Waals surface area contributed by atoms with Gasteiger partial charge in [-0.05, 0) is 56.0 Å². The highest BCUT2D eigenvalue weighted by Crippen LogP contribution is 2.30. The molecule has 0 aliphatic carbocycles. The summed E-state index contributed by atoms with van der Waals surface area (Å²) in [6, 6.07) is 8.81. The first-order valence-electron chi connectivity index (χ1n) is 12.0. The number of nitrogens with zero attached hydrogens (tertiary/aromatic N) is 2. The summed E-state index contributed by atoms with van der Waals surface area (Å²) in [6.07, 6.45) is 3.00. The number of fused-ring (bicyclic) bond motifs is 7. The van der Waals surface area contributed by atoms with E-state index in [1.807, 2.05) is 0 Å². The van der Waals surface area contributed by atoms with Gasteiger partial charge in [-0.2, -0.15) is 0 Å². The second-order valence-electron chi connectivity index (χ2n) is 8.53. The molecule has 1 aromatic heterocycles. The maximum Gasteiger partial charge on any atom is 0.255 e. The van der Waals surface area contributed by atoms with Gasteiger partial charge in [-0.3, -0.25) is 4.79 Å². The van der Waals surface area contributed by atoms with Gasteiger partial charge in [-0.1, -0.05) is 0 Å². The lowest BCUT2D eigenvalue weighted by Gasteiger charge is -2.16. The van der Waals surface area contributed by atoms with Crippen molar-refractivity contribution in [3.63, 3.8) is 0 Å². The zero-order valence-electron chi connectivity index (χ0n) is 20.0. The predicted molar refractivity (Wildman–Crippen MR) is 132 cm³/mol. The number of ether oxygens (including phenoxy) is 2. The molecule has 196 valence electrons. The van der Waals surface area contributed by atoms with Crippen LogP contribution < -0.4 is 20.1 Å². The lowest BCUT2D eigenvalue weighted by atomic mass is 10.1. The Hall–Kier alpha value is -3.83. The second-order valence-corrected chi connectivity index (χ2v) is 8.53. The highest BCUT2D eigenvalue weighted by molar-refractivity contribution is 5.97. The maximum atomic E-state index is 14.6. The molecule has 0 saturated heterocycles. The summed E-state index contributed by atoms with van der Waals surface area (Å²) in [5.41, 5.74) is 1.04. The zero-order valence-corrected chi connectivity index (χ0v) is 20.0. The molecule has 9 nitrogen and oxygen atoms in total. The summed E-state index contributed by atoms with van der Waals surface area (Å²) in [4.78, 5) is 20.9. The van der Waals surface area contributed by atoms with E-state index in [-0.39, 0.29) is 29.5 Å². The number of carbonyl (C=O) groups excluding carboxylic acids is 1. The van der Waals surface area contributed by atoms with Gasteiger partial charge in [0.15, 0.2) is 17.4 Å². The lowest BCUT2D eigenvalue weighted by Crippen LogP contribution is -2.34. The Morgan fingerprint density at radius 1 is 1.03 bits per heavy atom. The number of amides is 1. The Balaban J connectivity index is 1.65. The van der Waals surface area contributed by atoms with Gasteiger partial charge in [0.1, 0.15) is 11.4 Å². The molecular formula is C26H28F2N4O5. The number of rotatable bonds is 4. The highest BCUT2D eigenvalue weighted by Gasteiger charge is 2.17. The van der Waals surface area contributed by atoms with Crippen molar-refractivity contribution in [1.29, 1.82) is 0 Å². The molecule has 6 bridgehead atoms. The molecule has 0 fully saturated rings. The molecule has 11 heteroatoms. The van der Waals surface area contributed by atoms with E-state index in [0.717, 1.165) is 25.5 Å². The molecule has 0 saturated carbocycles. The van der Waals surface area contributed by atoms with Gasteiger partial charge in [0.05, 0.1) is 37.7 Å². The van der Waals surface area contributed by atoms with Crippen LogP contribution in [-0.4, -0.2) is 58.6 Å². The van der Waals surface area contributed by atoms with E-state index in [9.17, 15) is 18.7 Å². The van der Waals surface area contributed by atoms with Crippen LogP contribution in [0.1, 0.15) is 36.0 Å². The van der Waals surface area contributed by atoms with E-state index >= 15 is 0 Å². The minimum atomic E-state index is -1.08. The minimum absolute atomic E-state index is 0.0273. The van der Waals surface area contributed by atoms with Gasteiger partial charge in [-0.25, -0.2) is 18.7 Å². The minimum Gasteiger partial charge on any atom is -0.493 e. The predicted octanol–water partition coefficient (Wildman–Crippen LogP) is 3.58. The number of nitrogens with one attached hydrogen (secondary N) is 2. The molecule has 2 heterocycles. The fraction of sp³-hybridized carbons (Fsp3) is 0.346. The SMILES string of the molecule is O=C(NCC(O)CO)c1ccc2cc1OCCCCCCOc1cc(ccc1F)-c1nc(ncc1F)N2. The third-order valence-electron chi connectivity index (χ3n) is 5.69. The summed E-state index contributed by atoms with van der Waals surface area (Å²) in [7, 11) is 0. The Kier molecular flexibility index (Phi) is 8.81. The molecule has 1 atom stereocenters. The Morgan fingerprint density at radius 3 is 2.54 bits per heavy atom. The number of carbonyl (C=O) groups is 1. The Bertz CT molecular complexity index is 1240. The van der Waals surface area contributed by atoms with Crippen molar-refractivity contribution in [1.82, 2.24) is 15.3 Å². The van der Waals surface area contributed by atoms with Crippen LogP contribution in [0.5, 0.6) is 11.5 Å². The Labute approximate surface area is 212 Å². The summed E-state index contributed by atoms with van der Waals surface area (Å²) in [5, 5.41) is 24.1. The average Bonchev–Trinajstić information content (AvgIpc) is 2.90. The van der Waals surface area contributed by atoms with E-state index in [1.165, 1.54) is 18.2 Å². The molecule has 1 amide bonds. The number of aromatic nitrogens is 2. The quantitative estimate of drug-likeness (QED) is 0.416. The van der Waals surface area contributed by atoms with E-state index in [2.05, 4.69) is 20.6 Å². The van der Waals surface area contributed by atoms with Crippen molar-refractivity contribution in [3.8, 4) is 22.8 Å². The van der Waals surface area contributed by atoms with Crippen LogP contribution in [-0.2, 0) is 0 Å². The third-order valence-corrected chi connectivity index (χ3v) is 5.69. The van der Waals surface area contributed by atoms with Crippen LogP contribution in [0.2, 0.25) is 0 Å². The normalized spacial score (nSPS) is 14.7. The number of hydrogen-bond acceptors (Lipinski definition) is 8. The van der Waals surface area contributed by atoms with Crippen molar-refractivity contribution in [2.24, 2.45) is 0 Å². The van der Waals surface area contributed by atoms with Gasteiger partial charge >= 0.3 is 0 Å². The number of aliphatic hydroxyl groups excluding tert-OH is 2. The summed E-state index contributed by atoms with van der Waals surface area (Å²) in [5.74, 6) is -1.28. The standard InChI is InChI=1S/C26H28F2N4O5/c27-20-8-5-16-11-23(20)37-10-4-2-1-3-9-36-22-12-17(31-26-30-14-21(28)24(16)32-26)6-7-19(22)25(35)29-13-18(34)15-33/h5-8,11-12,14,18,33-34H,1-4,9-10,13,15H2,(H,29,35)(H,30,31,32). The monoisotopic (exact) mass is 514 g/mol. The largest absolute Gasteiger partial charge is 0.493 e. The fourth-order valence-corrected chi connectivity index (χ4v) is 3.72. The molecule has 1 unspecified atom stereocenters. The second kappa shape index (κ2) is 12.4. The van der Waals surface area contributed by atoms with Gasteiger partial charge in [0, 0.05) is 23.9 Å². The van der Waals surface area contributed by atoms with Gasteiger partial charge in [0.25, 0.3) is 5.91 Å². The summed E-state index contributed by atoms with van der Waals surface area (Å²) in [6.45, 7) is 0.0502. The number of anilines is 2. The van der Waals surface area contributed by atoms with E-state index in [0.29, 0.717) is 36.6 Å². The first-order valence-corrected chi connectivity index (χ1v) is 12.0. The molecule has 3 aromatic rings. The van der Waals surface area contributed by atoms with E-state index in [4.69, 9.17) is 14.6 Å². The number of halogens is 2. The molecule has 1 aliphatic heterocycles. The van der Waals surface area contributed by atoms with Crippen LogP contribution >= 0.6 is 0 Å². The topological polar surface area (TPSA) is 126 Å². The van der Waals surface area contributed by atoms with Crippen molar-refractivity contribution < 1.29 is 33.3 Å². The lowest BCUT2D eigenvalue weighted by molar-refractivity contribution is 0.0799. The van der Waals surface area contributed by atoms with Gasteiger partial charge in [-0.15, -0.1) is 0 Å². The Morgan fingerprint density at radius 2 is 1.78 bits per heavy atom. The van der Waals surface area contributed by atoms with Crippen molar-refractivity contribution in [2.75, 3.05) is 31.7 Å². The first kappa shape index (κ1) is 26.2. The van der Waals surface area contributed by atoms with Crippen molar-refractivity contribution in [2.45, 2.75) is 31.8 Å². The number of hydrogen-bond donors (Lipinski definition) is 4. The molecule has 4 N–H and O–H groups in total. The van der Waals surface area contributed by atoms with Gasteiger partial charge < -0.3 is 30.3 Å². The molecule has 0 radical (unpaired) electrons. The molecular weight excluding hydrogens is 486 g/mol.